The summed E-state index contributed by atoms with van der Waals surface area (Å²) in [5.74, 6) is 1.10. The second-order valence-electron chi connectivity index (χ2n) is 5.61. The highest BCUT2D eigenvalue weighted by molar-refractivity contribution is 7.99. The van der Waals surface area contributed by atoms with Crippen LogP contribution in [0.15, 0.2) is 53.4 Å². The van der Waals surface area contributed by atoms with Crippen molar-refractivity contribution in [3.63, 3.8) is 0 Å². The van der Waals surface area contributed by atoms with Crippen LogP contribution in [-0.4, -0.2) is 17.0 Å². The molecule has 1 aliphatic rings. The Morgan fingerprint density at radius 1 is 1.14 bits per heavy atom. The number of rotatable bonds is 4. The number of benzene rings is 2. The summed E-state index contributed by atoms with van der Waals surface area (Å²) in [4.78, 5) is 1.12. The van der Waals surface area contributed by atoms with Gasteiger partial charge in [0.2, 0.25) is 0 Å². The summed E-state index contributed by atoms with van der Waals surface area (Å²) in [6, 6.07) is 16.4. The van der Waals surface area contributed by atoms with E-state index < -0.39 is 0 Å². The van der Waals surface area contributed by atoms with E-state index in [1.165, 1.54) is 11.1 Å². The number of halogens is 1. The van der Waals surface area contributed by atoms with Crippen molar-refractivity contribution in [1.29, 1.82) is 0 Å². The maximum Gasteiger partial charge on any atom is 0.0665 e. The van der Waals surface area contributed by atoms with Crippen LogP contribution in [0.5, 0.6) is 0 Å². The van der Waals surface area contributed by atoms with Gasteiger partial charge in [-0.25, -0.2) is 0 Å². The molecule has 1 nitrogen and oxygen atoms in total. The van der Waals surface area contributed by atoms with E-state index in [2.05, 4.69) is 24.3 Å². The van der Waals surface area contributed by atoms with E-state index in [-0.39, 0.29) is 6.10 Å². The first-order valence-electron chi connectivity index (χ1n) is 7.35. The van der Waals surface area contributed by atoms with Gasteiger partial charge in [-0.3, -0.25) is 0 Å². The van der Waals surface area contributed by atoms with Crippen molar-refractivity contribution in [1.82, 2.24) is 0 Å². The first kappa shape index (κ1) is 15.0. The fourth-order valence-corrected chi connectivity index (χ4v) is 4.20. The molecule has 0 heterocycles. The van der Waals surface area contributed by atoms with Crippen molar-refractivity contribution in [2.24, 2.45) is 5.92 Å². The number of aliphatic hydroxyl groups is 1. The van der Waals surface area contributed by atoms with Crippen LogP contribution in [0.4, 0.5) is 0 Å². The van der Waals surface area contributed by atoms with Gasteiger partial charge >= 0.3 is 0 Å². The number of aliphatic hydroxyl groups excluding tert-OH is 1. The van der Waals surface area contributed by atoms with Crippen molar-refractivity contribution in [2.75, 3.05) is 5.75 Å². The topological polar surface area (TPSA) is 20.2 Å². The van der Waals surface area contributed by atoms with Crippen LogP contribution in [0.1, 0.15) is 17.5 Å². The van der Waals surface area contributed by atoms with Gasteiger partial charge in [0.1, 0.15) is 0 Å². The Labute approximate surface area is 135 Å². The Morgan fingerprint density at radius 3 is 2.76 bits per heavy atom. The highest BCUT2D eigenvalue weighted by Gasteiger charge is 2.24. The van der Waals surface area contributed by atoms with E-state index in [1.54, 1.807) is 11.8 Å². The maximum absolute atomic E-state index is 10.5. The molecule has 0 aliphatic heterocycles. The van der Waals surface area contributed by atoms with Crippen molar-refractivity contribution in [3.8, 4) is 0 Å². The van der Waals surface area contributed by atoms with Gasteiger partial charge < -0.3 is 5.11 Å². The van der Waals surface area contributed by atoms with Gasteiger partial charge in [0.25, 0.3) is 0 Å². The summed E-state index contributed by atoms with van der Waals surface area (Å²) >= 11 is 7.67. The highest BCUT2D eigenvalue weighted by atomic mass is 35.5. The molecule has 0 spiro atoms. The van der Waals surface area contributed by atoms with Crippen LogP contribution in [0.2, 0.25) is 5.02 Å². The number of hydrogen-bond donors (Lipinski definition) is 1. The van der Waals surface area contributed by atoms with Crippen LogP contribution in [0.3, 0.4) is 0 Å². The normalized spacial score (nSPS) is 19.0. The molecular weight excluding hydrogens is 300 g/mol. The fourth-order valence-electron chi connectivity index (χ4n) is 2.93. The van der Waals surface area contributed by atoms with Crippen LogP contribution >= 0.6 is 23.4 Å². The van der Waals surface area contributed by atoms with Crippen LogP contribution in [0.25, 0.3) is 0 Å². The fraction of sp³-hybridized carbons (Fsp3) is 0.333. The Morgan fingerprint density at radius 2 is 1.95 bits per heavy atom. The standard InChI is InChI=1S/C18H19ClOS/c19-16-6-3-7-17(11-16)21-12-18(20)15-9-8-13-4-1-2-5-14(13)10-15/h1-7,11,15,18,20H,8-10,12H2. The molecule has 0 saturated carbocycles. The molecule has 0 saturated heterocycles. The molecule has 2 aromatic carbocycles. The molecule has 21 heavy (non-hydrogen) atoms. The molecule has 0 radical (unpaired) electrons. The Hall–Kier alpha value is -0.960. The van der Waals surface area contributed by atoms with E-state index in [0.717, 1.165) is 34.9 Å². The van der Waals surface area contributed by atoms with Crippen LogP contribution in [0, 0.1) is 5.92 Å². The molecule has 0 bridgehead atoms. The zero-order valence-corrected chi connectivity index (χ0v) is 13.4. The molecule has 1 N–H and O–H groups in total. The third-order valence-corrected chi connectivity index (χ3v) is 5.48. The van der Waals surface area contributed by atoms with Crippen molar-refractivity contribution in [3.05, 3.63) is 64.7 Å². The second kappa shape index (κ2) is 6.87. The number of thioether (sulfide) groups is 1. The van der Waals surface area contributed by atoms with Gasteiger partial charge in [0, 0.05) is 15.7 Å². The first-order chi connectivity index (χ1) is 10.2. The minimum absolute atomic E-state index is 0.262. The van der Waals surface area contributed by atoms with Gasteiger partial charge in [0.15, 0.2) is 0 Å². The summed E-state index contributed by atoms with van der Waals surface area (Å²) < 4.78 is 0. The van der Waals surface area contributed by atoms with Crippen molar-refractivity contribution in [2.45, 2.75) is 30.3 Å². The van der Waals surface area contributed by atoms with Gasteiger partial charge in [-0.15, -0.1) is 11.8 Å². The molecule has 3 heteroatoms. The first-order valence-corrected chi connectivity index (χ1v) is 8.72. The van der Waals surface area contributed by atoms with E-state index >= 15 is 0 Å². The van der Waals surface area contributed by atoms with Gasteiger partial charge in [0.05, 0.1) is 6.10 Å². The summed E-state index contributed by atoms with van der Waals surface area (Å²) in [5, 5.41) is 11.2. The Kier molecular flexibility index (Phi) is 4.89. The molecular formula is C18H19ClOS. The molecule has 0 aromatic heterocycles. The third-order valence-electron chi connectivity index (χ3n) is 4.15. The number of hydrogen-bond acceptors (Lipinski definition) is 2. The number of fused-ring (bicyclic) bond motifs is 1. The molecule has 110 valence electrons. The Balaban J connectivity index is 1.58. The molecule has 2 atom stereocenters. The van der Waals surface area contributed by atoms with Gasteiger partial charge in [-0.05, 0) is 54.5 Å². The van der Waals surface area contributed by atoms with Gasteiger partial charge in [-0.1, -0.05) is 41.9 Å². The summed E-state index contributed by atoms with van der Waals surface area (Å²) in [5.41, 5.74) is 2.85. The monoisotopic (exact) mass is 318 g/mol. The smallest absolute Gasteiger partial charge is 0.0665 e. The lowest BCUT2D eigenvalue weighted by molar-refractivity contribution is 0.121. The maximum atomic E-state index is 10.5. The molecule has 2 aromatic rings. The van der Waals surface area contributed by atoms with Crippen molar-refractivity contribution >= 4 is 23.4 Å². The van der Waals surface area contributed by atoms with Gasteiger partial charge in [-0.2, -0.15) is 0 Å². The average molecular weight is 319 g/mol. The third kappa shape index (κ3) is 3.82. The minimum atomic E-state index is -0.262. The minimum Gasteiger partial charge on any atom is -0.392 e. The largest absolute Gasteiger partial charge is 0.392 e. The molecule has 2 unspecified atom stereocenters. The highest BCUT2D eigenvalue weighted by Crippen LogP contribution is 2.30. The lowest BCUT2D eigenvalue weighted by Gasteiger charge is -2.28. The zero-order valence-electron chi connectivity index (χ0n) is 11.8. The molecule has 3 rings (SSSR count). The number of aryl methyl sites for hydroxylation is 1. The predicted octanol–water partition coefficient (Wildman–Crippen LogP) is 4.60. The van der Waals surface area contributed by atoms with E-state index in [9.17, 15) is 5.11 Å². The van der Waals surface area contributed by atoms with Crippen molar-refractivity contribution < 1.29 is 5.11 Å². The molecule has 0 fully saturated rings. The van der Waals surface area contributed by atoms with E-state index in [1.807, 2.05) is 24.3 Å². The van der Waals surface area contributed by atoms with E-state index in [4.69, 9.17) is 11.6 Å². The summed E-state index contributed by atoms with van der Waals surface area (Å²) in [6.45, 7) is 0. The predicted molar refractivity (Wildman–Crippen MR) is 90.1 cm³/mol. The lowest BCUT2D eigenvalue weighted by atomic mass is 9.81. The molecule has 1 aliphatic carbocycles. The Bertz CT molecular complexity index is 614. The zero-order chi connectivity index (χ0) is 14.7. The SMILES string of the molecule is OC(CSc1cccc(Cl)c1)C1CCc2ccccc2C1. The second-order valence-corrected chi connectivity index (χ2v) is 7.14. The molecule has 0 amide bonds. The summed E-state index contributed by atoms with van der Waals surface area (Å²) in [6.07, 6.45) is 2.89. The summed E-state index contributed by atoms with van der Waals surface area (Å²) in [7, 11) is 0. The van der Waals surface area contributed by atoms with E-state index in [0.29, 0.717) is 5.92 Å². The quantitative estimate of drug-likeness (QED) is 0.831. The average Bonchev–Trinajstić information content (AvgIpc) is 2.52. The van der Waals surface area contributed by atoms with Crippen LogP contribution in [-0.2, 0) is 12.8 Å². The lowest BCUT2D eigenvalue weighted by Crippen LogP contribution is -2.28. The van der Waals surface area contributed by atoms with Crippen LogP contribution < -0.4 is 0 Å².